The van der Waals surface area contributed by atoms with E-state index in [1.54, 1.807) is 6.26 Å². The van der Waals surface area contributed by atoms with Crippen LogP contribution in [0.25, 0.3) is 0 Å². The fourth-order valence-corrected chi connectivity index (χ4v) is 6.68. The Bertz CT molecular complexity index is 1090. The van der Waals surface area contributed by atoms with E-state index in [0.717, 1.165) is 38.5 Å². The van der Waals surface area contributed by atoms with Gasteiger partial charge in [0.15, 0.2) is 6.10 Å². The molecule has 0 amide bonds. The van der Waals surface area contributed by atoms with Crippen LogP contribution < -0.4 is 0 Å². The number of nitrogens with zero attached hydrogens (tertiary/aromatic N) is 1. The number of carbonyl (C=O) groups is 1. The number of quaternary nitrogens is 1. The van der Waals surface area contributed by atoms with Crippen molar-refractivity contribution in [2.24, 2.45) is 0 Å². The van der Waals surface area contributed by atoms with Crippen molar-refractivity contribution in [2.75, 3.05) is 47.5 Å². The maximum atomic E-state index is 12.5. The molecular formula is C46H87NO9P+. The van der Waals surface area contributed by atoms with Crippen LogP contribution in [-0.2, 0) is 27.9 Å². The van der Waals surface area contributed by atoms with Gasteiger partial charge in [0, 0.05) is 6.42 Å². The number of hydrogen-bond acceptors (Lipinski definition) is 8. The van der Waals surface area contributed by atoms with Gasteiger partial charge in [-0.2, -0.15) is 0 Å². The quantitative estimate of drug-likeness (QED) is 0.0138. The van der Waals surface area contributed by atoms with Gasteiger partial charge in [0.05, 0.1) is 46.2 Å². The van der Waals surface area contributed by atoms with E-state index in [0.29, 0.717) is 23.9 Å². The Labute approximate surface area is 349 Å². The summed E-state index contributed by atoms with van der Waals surface area (Å²) < 4.78 is 34.6. The van der Waals surface area contributed by atoms with Crippen molar-refractivity contribution in [3.05, 3.63) is 48.8 Å². The molecule has 0 aromatic rings. The molecule has 334 valence electrons. The first-order valence-electron chi connectivity index (χ1n) is 22.6. The Morgan fingerprint density at radius 3 is 1.74 bits per heavy atom. The predicted molar refractivity (Wildman–Crippen MR) is 236 cm³/mol. The van der Waals surface area contributed by atoms with Crippen molar-refractivity contribution in [1.29, 1.82) is 0 Å². The predicted octanol–water partition coefficient (Wildman–Crippen LogP) is 11.5. The Morgan fingerprint density at radius 1 is 0.632 bits per heavy atom. The van der Waals surface area contributed by atoms with Crippen molar-refractivity contribution < 1.29 is 47.5 Å². The molecule has 0 spiro atoms. The highest BCUT2D eigenvalue weighted by atomic mass is 31.2. The first-order chi connectivity index (χ1) is 27.4. The first-order valence-corrected chi connectivity index (χ1v) is 24.1. The van der Waals surface area contributed by atoms with Crippen LogP contribution in [0.4, 0.5) is 0 Å². The molecule has 57 heavy (non-hydrogen) atoms. The molecule has 0 bridgehead atoms. The number of likely N-dealkylation sites (N-methyl/N-ethyl adjacent to an activating group) is 1. The summed E-state index contributed by atoms with van der Waals surface area (Å²) in [5.74, 6) is -0.495. The minimum atomic E-state index is -4.33. The van der Waals surface area contributed by atoms with Crippen molar-refractivity contribution in [3.8, 4) is 0 Å². The zero-order chi connectivity index (χ0) is 42.3. The topological polar surface area (TPSA) is 132 Å². The Kier molecular flexibility index (Phi) is 37.2. The lowest BCUT2D eigenvalue weighted by Crippen LogP contribution is -2.37. The van der Waals surface area contributed by atoms with Gasteiger partial charge in [-0.1, -0.05) is 147 Å². The van der Waals surface area contributed by atoms with Gasteiger partial charge in [-0.25, -0.2) is 4.57 Å². The number of hydrogen-bond donors (Lipinski definition) is 3. The van der Waals surface area contributed by atoms with Crippen LogP contribution in [0.15, 0.2) is 48.8 Å². The van der Waals surface area contributed by atoms with E-state index in [9.17, 15) is 24.5 Å². The third-order valence-corrected chi connectivity index (χ3v) is 10.7. The molecule has 3 N–H and O–H groups in total. The van der Waals surface area contributed by atoms with E-state index in [4.69, 9.17) is 18.5 Å². The number of carbonyl (C=O) groups excluding carboxylic acids is 1. The van der Waals surface area contributed by atoms with Gasteiger partial charge in [-0.3, -0.25) is 13.8 Å². The average molecular weight is 829 g/mol. The second-order valence-corrected chi connectivity index (χ2v) is 17.9. The summed E-state index contributed by atoms with van der Waals surface area (Å²) in [5, 5.41) is 20.7. The lowest BCUT2D eigenvalue weighted by atomic mass is 10.0. The lowest BCUT2D eigenvalue weighted by molar-refractivity contribution is -0.870. The summed E-state index contributed by atoms with van der Waals surface area (Å²) in [7, 11) is 1.52. The van der Waals surface area contributed by atoms with Crippen molar-refractivity contribution >= 4 is 13.8 Å². The monoisotopic (exact) mass is 829 g/mol. The molecule has 0 aromatic heterocycles. The highest BCUT2D eigenvalue weighted by Crippen LogP contribution is 2.43. The number of aliphatic hydroxyl groups is 2. The molecule has 0 radical (unpaired) electrons. The second kappa shape index (κ2) is 38.4. The summed E-state index contributed by atoms with van der Waals surface area (Å²) in [4.78, 5) is 22.7. The smallest absolute Gasteiger partial charge is 0.472 e. The van der Waals surface area contributed by atoms with E-state index in [1.807, 2.05) is 39.4 Å². The molecule has 0 saturated heterocycles. The first kappa shape index (κ1) is 55.2. The minimum absolute atomic E-state index is 0.0441. The molecule has 11 heteroatoms. The standard InChI is InChI=1S/C46H86NO9P/c1-6-8-10-12-14-16-18-20-21-22-23-25-27-29-31-33-39-53-43(42-56-57(51,52)55-40-38-47(3,4)5)41-54-46(50)37-34-36-45(49)44(48)35-32-30-28-26-24-19-17-15-13-11-9-7-2/h15,17,24,26,30,32-33,39,43-45,48-49H,6-14,16,18-23,25,27-29,31,34-38,40-42H2,1-5H3/p+1/b17-15-,26-24-,32-30-,39-33+/t43-,44?,45?/m1/s1. The highest BCUT2D eigenvalue weighted by Gasteiger charge is 2.26. The molecular weight excluding hydrogens is 741 g/mol. The van der Waals surface area contributed by atoms with Crippen LogP contribution in [0, 0.1) is 0 Å². The van der Waals surface area contributed by atoms with Gasteiger partial charge in [0.2, 0.25) is 0 Å². The largest absolute Gasteiger partial charge is 0.492 e. The third kappa shape index (κ3) is 40.8. The van der Waals surface area contributed by atoms with E-state index in [2.05, 4.69) is 38.2 Å². The zero-order valence-electron chi connectivity index (χ0n) is 37.0. The maximum Gasteiger partial charge on any atom is 0.472 e. The summed E-state index contributed by atoms with van der Waals surface area (Å²) >= 11 is 0. The van der Waals surface area contributed by atoms with Crippen LogP contribution in [0.3, 0.4) is 0 Å². The van der Waals surface area contributed by atoms with Crippen LogP contribution in [-0.4, -0.2) is 91.4 Å². The Morgan fingerprint density at radius 2 is 1.14 bits per heavy atom. The summed E-state index contributed by atoms with van der Waals surface area (Å²) in [6.45, 7) is 4.54. The van der Waals surface area contributed by atoms with E-state index >= 15 is 0 Å². The van der Waals surface area contributed by atoms with Crippen molar-refractivity contribution in [1.82, 2.24) is 0 Å². The number of rotatable bonds is 41. The normalized spacial score (nSPS) is 15.2. The molecule has 10 nitrogen and oxygen atoms in total. The number of unbranched alkanes of at least 4 members (excludes halogenated alkanes) is 17. The van der Waals surface area contributed by atoms with Crippen molar-refractivity contribution in [3.63, 3.8) is 0 Å². The summed E-state index contributed by atoms with van der Waals surface area (Å²) in [5.41, 5.74) is 0. The number of phosphoric acid groups is 1. The second-order valence-electron chi connectivity index (χ2n) is 16.5. The fourth-order valence-electron chi connectivity index (χ4n) is 5.93. The minimum Gasteiger partial charge on any atom is -0.492 e. The molecule has 0 aliphatic rings. The van der Waals surface area contributed by atoms with E-state index in [-0.39, 0.29) is 32.7 Å². The van der Waals surface area contributed by atoms with Crippen molar-refractivity contribution in [2.45, 2.75) is 193 Å². The molecule has 0 aliphatic heterocycles. The molecule has 0 saturated carbocycles. The molecule has 0 heterocycles. The molecule has 0 aromatic carbocycles. The van der Waals surface area contributed by atoms with Crippen LogP contribution in [0.1, 0.15) is 174 Å². The lowest BCUT2D eigenvalue weighted by Gasteiger charge is -2.24. The third-order valence-electron chi connectivity index (χ3n) is 9.68. The highest BCUT2D eigenvalue weighted by molar-refractivity contribution is 7.47. The Balaban J connectivity index is 4.51. The van der Waals surface area contributed by atoms with Gasteiger partial charge in [-0.05, 0) is 63.9 Å². The van der Waals surface area contributed by atoms with Crippen LogP contribution in [0.5, 0.6) is 0 Å². The van der Waals surface area contributed by atoms with E-state index in [1.165, 1.54) is 96.3 Å². The van der Waals surface area contributed by atoms with Gasteiger partial charge >= 0.3 is 13.8 Å². The molecule has 3 unspecified atom stereocenters. The van der Waals surface area contributed by atoms with Gasteiger partial charge < -0.3 is 29.1 Å². The molecule has 0 aliphatic carbocycles. The maximum absolute atomic E-state index is 12.5. The van der Waals surface area contributed by atoms with Crippen LogP contribution >= 0.6 is 7.82 Å². The summed E-state index contributed by atoms with van der Waals surface area (Å²) in [6, 6.07) is 0. The van der Waals surface area contributed by atoms with Gasteiger partial charge in [0.25, 0.3) is 0 Å². The van der Waals surface area contributed by atoms with Crippen LogP contribution in [0.2, 0.25) is 0 Å². The van der Waals surface area contributed by atoms with E-state index < -0.39 is 32.1 Å². The zero-order valence-corrected chi connectivity index (χ0v) is 37.9. The fraction of sp³-hybridized carbons (Fsp3) is 0.804. The van der Waals surface area contributed by atoms with Gasteiger partial charge in [0.1, 0.15) is 19.8 Å². The molecule has 0 rings (SSSR count). The number of ether oxygens (including phenoxy) is 2. The number of aliphatic hydroxyl groups excluding tert-OH is 2. The average Bonchev–Trinajstić information content (AvgIpc) is 3.16. The number of allylic oxidation sites excluding steroid dienone is 6. The molecule has 4 atom stereocenters. The van der Waals surface area contributed by atoms with Gasteiger partial charge in [-0.15, -0.1) is 0 Å². The SMILES string of the molecule is CCCCC/C=C\C/C=C\C/C=C\CC(O)C(O)CCCC(=O)OC[C@H](COP(=O)(O)OCC[N+](C)(C)C)O/C=C/CCCCCCCCCCCCCCCC. The number of esters is 1. The number of phosphoric ester groups is 1. The Hall–Kier alpha value is -1.78. The molecule has 0 fully saturated rings. The summed E-state index contributed by atoms with van der Waals surface area (Å²) in [6.07, 6.45) is 39.9.